The zero-order valence-electron chi connectivity index (χ0n) is 8.30. The molecule has 0 aliphatic heterocycles. The van der Waals surface area contributed by atoms with E-state index in [-0.39, 0.29) is 6.10 Å². The van der Waals surface area contributed by atoms with Gasteiger partial charge in [-0.15, -0.1) is 0 Å². The molecule has 2 N–H and O–H groups in total. The fourth-order valence-electron chi connectivity index (χ4n) is 0.938. The topological polar surface area (TPSA) is 35.5 Å². The van der Waals surface area contributed by atoms with Crippen molar-refractivity contribution in [2.75, 3.05) is 33.7 Å². The third-order valence-electron chi connectivity index (χ3n) is 1.38. The van der Waals surface area contributed by atoms with Crippen LogP contribution >= 0.6 is 0 Å². The average molecular weight is 172 g/mol. The van der Waals surface area contributed by atoms with E-state index in [1.54, 1.807) is 0 Å². The van der Waals surface area contributed by atoms with Crippen molar-refractivity contribution in [3.63, 3.8) is 0 Å². The van der Waals surface area contributed by atoms with Crippen LogP contribution in [0, 0.1) is 0 Å². The summed E-state index contributed by atoms with van der Waals surface area (Å²) in [6.07, 6.45) is -0.292. The van der Waals surface area contributed by atoms with E-state index in [0.717, 1.165) is 12.1 Å². The van der Waals surface area contributed by atoms with E-state index < -0.39 is 0 Å². The summed E-state index contributed by atoms with van der Waals surface area (Å²) in [6.45, 7) is 7.83. The molecule has 0 aliphatic rings. The predicted octanol–water partition coefficient (Wildman–Crippen LogP) is 0.0746. The minimum Gasteiger partial charge on any atom is -0.390 e. The summed E-state index contributed by atoms with van der Waals surface area (Å²) in [5.74, 6) is 0. The molecule has 0 amide bonds. The second kappa shape index (κ2) is 6.17. The Morgan fingerprint density at radius 3 is 2.58 bits per heavy atom. The van der Waals surface area contributed by atoms with Crippen LogP contribution in [0.4, 0.5) is 0 Å². The van der Waals surface area contributed by atoms with Gasteiger partial charge in [-0.3, -0.25) is 0 Å². The van der Waals surface area contributed by atoms with Crippen molar-refractivity contribution in [1.82, 2.24) is 10.2 Å². The number of nitrogens with zero attached hydrogens (tertiary/aromatic N) is 1. The molecule has 0 saturated carbocycles. The highest BCUT2D eigenvalue weighted by molar-refractivity contribution is 4.90. The van der Waals surface area contributed by atoms with Crippen molar-refractivity contribution >= 4 is 0 Å². The van der Waals surface area contributed by atoms with Crippen LogP contribution in [0.25, 0.3) is 0 Å². The Bertz CT molecular complexity index is 134. The summed E-state index contributed by atoms with van der Waals surface area (Å²) in [6, 6.07) is 0. The number of hydrogen-bond acceptors (Lipinski definition) is 3. The molecule has 3 nitrogen and oxygen atoms in total. The second-order valence-corrected chi connectivity index (χ2v) is 3.50. The molecule has 1 atom stereocenters. The maximum atomic E-state index is 9.40. The van der Waals surface area contributed by atoms with Gasteiger partial charge in [0.2, 0.25) is 0 Å². The Balaban J connectivity index is 3.31. The van der Waals surface area contributed by atoms with Crippen LogP contribution < -0.4 is 5.32 Å². The first-order valence-corrected chi connectivity index (χ1v) is 4.20. The lowest BCUT2D eigenvalue weighted by molar-refractivity contribution is 0.136. The molecule has 0 bridgehead atoms. The first kappa shape index (κ1) is 11.6. The monoisotopic (exact) mass is 172 g/mol. The summed E-state index contributed by atoms with van der Waals surface area (Å²) in [5.41, 5.74) is 1.09. The lowest BCUT2D eigenvalue weighted by Gasteiger charge is -2.16. The van der Waals surface area contributed by atoms with E-state index in [0.29, 0.717) is 13.1 Å². The van der Waals surface area contributed by atoms with Crippen molar-refractivity contribution in [2.45, 2.75) is 13.0 Å². The molecule has 0 spiro atoms. The molecule has 0 aliphatic carbocycles. The molecule has 0 aromatic carbocycles. The minimum atomic E-state index is -0.292. The maximum Gasteiger partial charge on any atom is 0.0791 e. The van der Waals surface area contributed by atoms with E-state index in [1.165, 1.54) is 0 Å². The van der Waals surface area contributed by atoms with Crippen molar-refractivity contribution in [3.05, 3.63) is 12.2 Å². The van der Waals surface area contributed by atoms with E-state index in [9.17, 15) is 5.11 Å². The molecule has 1 unspecified atom stereocenters. The number of nitrogens with one attached hydrogen (secondary N) is 1. The quantitative estimate of drug-likeness (QED) is 0.557. The Morgan fingerprint density at radius 2 is 2.17 bits per heavy atom. The Morgan fingerprint density at radius 1 is 1.58 bits per heavy atom. The van der Waals surface area contributed by atoms with Crippen LogP contribution in [0.1, 0.15) is 6.92 Å². The second-order valence-electron chi connectivity index (χ2n) is 3.50. The predicted molar refractivity (Wildman–Crippen MR) is 52.2 cm³/mol. The van der Waals surface area contributed by atoms with Gasteiger partial charge in [0, 0.05) is 19.6 Å². The normalized spacial score (nSPS) is 13.4. The van der Waals surface area contributed by atoms with Crippen LogP contribution in [-0.4, -0.2) is 49.8 Å². The van der Waals surface area contributed by atoms with Gasteiger partial charge in [0.1, 0.15) is 0 Å². The highest BCUT2D eigenvalue weighted by Crippen LogP contribution is 1.86. The fourth-order valence-corrected chi connectivity index (χ4v) is 0.938. The third-order valence-corrected chi connectivity index (χ3v) is 1.38. The van der Waals surface area contributed by atoms with Gasteiger partial charge in [0.05, 0.1) is 6.10 Å². The number of hydrogen-bond donors (Lipinski definition) is 2. The van der Waals surface area contributed by atoms with Crippen molar-refractivity contribution in [3.8, 4) is 0 Å². The molecule has 0 saturated heterocycles. The van der Waals surface area contributed by atoms with Crippen molar-refractivity contribution in [2.24, 2.45) is 0 Å². The number of likely N-dealkylation sites (N-methyl/N-ethyl adjacent to an activating group) is 1. The molecule has 0 aromatic heterocycles. The number of rotatable bonds is 6. The maximum absolute atomic E-state index is 9.40. The highest BCUT2D eigenvalue weighted by atomic mass is 16.3. The van der Waals surface area contributed by atoms with Crippen molar-refractivity contribution < 1.29 is 5.11 Å². The molecular weight excluding hydrogens is 152 g/mol. The van der Waals surface area contributed by atoms with Crippen LogP contribution in [-0.2, 0) is 0 Å². The molecule has 0 rings (SSSR count). The third kappa shape index (κ3) is 7.72. The summed E-state index contributed by atoms with van der Waals surface area (Å²) in [7, 11) is 3.89. The minimum absolute atomic E-state index is 0.292. The highest BCUT2D eigenvalue weighted by Gasteiger charge is 2.03. The molecular formula is C9H20N2O. The smallest absolute Gasteiger partial charge is 0.0791 e. The molecule has 0 heterocycles. The van der Waals surface area contributed by atoms with Gasteiger partial charge in [-0.25, -0.2) is 0 Å². The molecule has 3 heteroatoms. The first-order chi connectivity index (χ1) is 5.52. The van der Waals surface area contributed by atoms with E-state index in [2.05, 4.69) is 11.9 Å². The zero-order chi connectivity index (χ0) is 9.56. The standard InChI is InChI=1S/C9H20N2O/c1-8(2)5-10-6-9(12)7-11(3)4/h9-10,12H,1,5-7H2,2-4H3. The van der Waals surface area contributed by atoms with Crippen LogP contribution in [0.15, 0.2) is 12.2 Å². The molecule has 72 valence electrons. The SMILES string of the molecule is C=C(C)CNCC(O)CN(C)C. The van der Waals surface area contributed by atoms with E-state index in [4.69, 9.17) is 0 Å². The van der Waals surface area contributed by atoms with Gasteiger partial charge in [-0.1, -0.05) is 12.2 Å². The van der Waals surface area contributed by atoms with Crippen LogP contribution in [0.5, 0.6) is 0 Å². The average Bonchev–Trinajstić information content (AvgIpc) is 1.84. The van der Waals surface area contributed by atoms with Gasteiger partial charge >= 0.3 is 0 Å². The van der Waals surface area contributed by atoms with Gasteiger partial charge in [0.25, 0.3) is 0 Å². The largest absolute Gasteiger partial charge is 0.390 e. The van der Waals surface area contributed by atoms with E-state index in [1.807, 2.05) is 25.9 Å². The lowest BCUT2D eigenvalue weighted by atomic mass is 10.3. The molecule has 0 radical (unpaired) electrons. The van der Waals surface area contributed by atoms with E-state index >= 15 is 0 Å². The Kier molecular flexibility index (Phi) is 5.98. The number of aliphatic hydroxyl groups excluding tert-OH is 1. The Labute approximate surface area is 75.1 Å². The van der Waals surface area contributed by atoms with Gasteiger partial charge in [-0.2, -0.15) is 0 Å². The molecule has 12 heavy (non-hydrogen) atoms. The summed E-state index contributed by atoms with van der Waals surface area (Å²) in [5, 5.41) is 12.5. The summed E-state index contributed by atoms with van der Waals surface area (Å²) < 4.78 is 0. The lowest BCUT2D eigenvalue weighted by Crippen LogP contribution is -2.35. The van der Waals surface area contributed by atoms with Gasteiger partial charge < -0.3 is 15.3 Å². The Hall–Kier alpha value is -0.380. The molecule has 0 fully saturated rings. The van der Waals surface area contributed by atoms with Gasteiger partial charge in [0.15, 0.2) is 0 Å². The summed E-state index contributed by atoms with van der Waals surface area (Å²) in [4.78, 5) is 1.97. The van der Waals surface area contributed by atoms with Crippen LogP contribution in [0.3, 0.4) is 0 Å². The zero-order valence-corrected chi connectivity index (χ0v) is 8.30. The van der Waals surface area contributed by atoms with Gasteiger partial charge in [-0.05, 0) is 21.0 Å². The summed E-state index contributed by atoms with van der Waals surface area (Å²) >= 11 is 0. The first-order valence-electron chi connectivity index (χ1n) is 4.20. The fraction of sp³-hybridized carbons (Fsp3) is 0.778. The van der Waals surface area contributed by atoms with Crippen molar-refractivity contribution in [1.29, 1.82) is 0 Å². The number of aliphatic hydroxyl groups is 1. The van der Waals surface area contributed by atoms with Crippen LogP contribution in [0.2, 0.25) is 0 Å². The molecule has 0 aromatic rings.